The number of hydrogen-bond acceptors (Lipinski definition) is 3. The first-order chi connectivity index (χ1) is 9.13. The molecule has 98 valence electrons. The first-order valence-corrected chi connectivity index (χ1v) is 5.36. The number of nitrogens with one attached hydrogen (secondary N) is 1. The van der Waals surface area contributed by atoms with E-state index in [0.29, 0.717) is 4.57 Å². The number of nitriles is 1. The Morgan fingerprint density at radius 2 is 2.21 bits per heavy atom. The van der Waals surface area contributed by atoms with Gasteiger partial charge in [0.25, 0.3) is 0 Å². The second kappa shape index (κ2) is 5.44. The minimum atomic E-state index is -2.69. The maximum absolute atomic E-state index is 13.3. The van der Waals surface area contributed by atoms with Gasteiger partial charge < -0.3 is 5.32 Å². The lowest BCUT2D eigenvalue weighted by atomic mass is 10.2. The van der Waals surface area contributed by atoms with Crippen LogP contribution in [0.25, 0.3) is 0 Å². The Balaban J connectivity index is 2.18. The summed E-state index contributed by atoms with van der Waals surface area (Å²) in [6.07, 6.45) is 2.40. The van der Waals surface area contributed by atoms with Crippen LogP contribution in [0.1, 0.15) is 17.9 Å². The first kappa shape index (κ1) is 13.0. The summed E-state index contributed by atoms with van der Waals surface area (Å²) in [4.78, 5) is 3.77. The largest absolute Gasteiger partial charge is 0.377 e. The van der Waals surface area contributed by atoms with Crippen molar-refractivity contribution in [3.8, 4) is 6.07 Å². The van der Waals surface area contributed by atoms with Gasteiger partial charge in [0.05, 0.1) is 12.2 Å². The van der Waals surface area contributed by atoms with E-state index >= 15 is 0 Å². The Morgan fingerprint density at radius 3 is 2.89 bits per heavy atom. The number of nitrogens with zero attached hydrogens (tertiary/aromatic N) is 3. The lowest BCUT2D eigenvalue weighted by Gasteiger charge is -2.10. The van der Waals surface area contributed by atoms with Gasteiger partial charge in [0, 0.05) is 12.4 Å². The van der Waals surface area contributed by atoms with Crippen molar-refractivity contribution in [2.45, 2.75) is 13.1 Å². The molecule has 1 N–H and O–H groups in total. The van der Waals surface area contributed by atoms with Gasteiger partial charge in [-0.2, -0.15) is 14.0 Å². The zero-order valence-corrected chi connectivity index (χ0v) is 9.65. The van der Waals surface area contributed by atoms with Crippen LogP contribution < -0.4 is 5.32 Å². The van der Waals surface area contributed by atoms with Crippen molar-refractivity contribution < 1.29 is 13.2 Å². The average molecular weight is 266 g/mol. The predicted molar refractivity (Wildman–Crippen MR) is 61.9 cm³/mol. The SMILES string of the molecule is N#Cc1c(F)cccc1NCc1nccn1C(F)F. The van der Waals surface area contributed by atoms with Gasteiger partial charge in [-0.15, -0.1) is 0 Å². The van der Waals surface area contributed by atoms with Crippen molar-refractivity contribution in [1.82, 2.24) is 9.55 Å². The summed E-state index contributed by atoms with van der Waals surface area (Å²) < 4.78 is 39.2. The Labute approximate surface area is 107 Å². The average Bonchev–Trinajstić information content (AvgIpc) is 2.84. The molecule has 19 heavy (non-hydrogen) atoms. The van der Waals surface area contributed by atoms with Crippen LogP contribution in [0.15, 0.2) is 30.6 Å². The molecule has 0 amide bonds. The standard InChI is InChI=1S/C12H9F3N4/c13-9-2-1-3-10(8(9)6-16)18-7-11-17-4-5-19(11)12(14)15/h1-5,12,18H,7H2. The number of benzene rings is 1. The lowest BCUT2D eigenvalue weighted by Crippen LogP contribution is -2.10. The zero-order valence-electron chi connectivity index (χ0n) is 9.65. The fraction of sp³-hybridized carbons (Fsp3) is 0.167. The molecule has 1 aromatic heterocycles. The molecular formula is C12H9F3N4. The monoisotopic (exact) mass is 266 g/mol. The van der Waals surface area contributed by atoms with Crippen molar-refractivity contribution in [3.63, 3.8) is 0 Å². The van der Waals surface area contributed by atoms with E-state index in [-0.39, 0.29) is 23.6 Å². The molecule has 0 aliphatic carbocycles. The molecule has 2 rings (SSSR count). The summed E-state index contributed by atoms with van der Waals surface area (Å²) in [5, 5.41) is 11.6. The molecule has 0 radical (unpaired) electrons. The van der Waals surface area contributed by atoms with Gasteiger partial charge in [-0.05, 0) is 12.1 Å². The number of rotatable bonds is 4. The Bertz CT molecular complexity index is 616. The highest BCUT2D eigenvalue weighted by atomic mass is 19.3. The van der Waals surface area contributed by atoms with Crippen LogP contribution >= 0.6 is 0 Å². The summed E-state index contributed by atoms with van der Waals surface area (Å²) in [5.41, 5.74) is 0.0870. The molecule has 0 fully saturated rings. The van der Waals surface area contributed by atoms with E-state index in [1.807, 2.05) is 0 Å². The second-order valence-electron chi connectivity index (χ2n) is 3.66. The number of anilines is 1. The minimum absolute atomic E-state index is 0.0323. The molecule has 0 saturated carbocycles. The van der Waals surface area contributed by atoms with E-state index in [1.165, 1.54) is 18.3 Å². The van der Waals surface area contributed by atoms with Gasteiger partial charge >= 0.3 is 6.55 Å². The highest BCUT2D eigenvalue weighted by Gasteiger charge is 2.12. The van der Waals surface area contributed by atoms with Crippen molar-refractivity contribution in [3.05, 3.63) is 47.8 Å². The molecule has 0 saturated heterocycles. The molecule has 7 heteroatoms. The first-order valence-electron chi connectivity index (χ1n) is 5.36. The maximum Gasteiger partial charge on any atom is 0.319 e. The zero-order chi connectivity index (χ0) is 13.8. The number of imidazole rings is 1. The number of aromatic nitrogens is 2. The van der Waals surface area contributed by atoms with E-state index in [1.54, 1.807) is 6.07 Å². The third-order valence-corrected chi connectivity index (χ3v) is 2.52. The molecule has 2 aromatic rings. The van der Waals surface area contributed by atoms with Gasteiger partial charge in [0.1, 0.15) is 23.3 Å². The summed E-state index contributed by atoms with van der Waals surface area (Å²) in [5.74, 6) is -0.562. The van der Waals surface area contributed by atoms with Gasteiger partial charge in [-0.3, -0.25) is 4.57 Å². The molecule has 0 unspecified atom stereocenters. The molecule has 1 aromatic carbocycles. The van der Waals surface area contributed by atoms with E-state index in [9.17, 15) is 13.2 Å². The molecule has 0 spiro atoms. The van der Waals surface area contributed by atoms with Crippen LogP contribution in [-0.2, 0) is 6.54 Å². The van der Waals surface area contributed by atoms with Crippen molar-refractivity contribution >= 4 is 5.69 Å². The molecule has 0 aliphatic rings. The number of hydrogen-bond donors (Lipinski definition) is 1. The molecule has 0 bridgehead atoms. The number of halogens is 3. The smallest absolute Gasteiger partial charge is 0.319 e. The van der Waals surface area contributed by atoms with Crippen LogP contribution in [0.2, 0.25) is 0 Å². The third-order valence-electron chi connectivity index (χ3n) is 2.52. The fourth-order valence-corrected chi connectivity index (χ4v) is 1.62. The van der Waals surface area contributed by atoms with Crippen LogP contribution in [0, 0.1) is 17.1 Å². The van der Waals surface area contributed by atoms with Crippen molar-refractivity contribution in [2.75, 3.05) is 5.32 Å². The molecule has 0 aliphatic heterocycles. The molecular weight excluding hydrogens is 257 g/mol. The normalized spacial score (nSPS) is 10.5. The quantitative estimate of drug-likeness (QED) is 0.925. The Kier molecular flexibility index (Phi) is 3.71. The van der Waals surface area contributed by atoms with E-state index in [2.05, 4.69) is 10.3 Å². The summed E-state index contributed by atoms with van der Waals surface area (Å²) in [6, 6.07) is 5.80. The number of alkyl halides is 2. The van der Waals surface area contributed by atoms with Crippen LogP contribution in [0.3, 0.4) is 0 Å². The predicted octanol–water partition coefficient (Wildman–Crippen LogP) is 2.90. The molecule has 4 nitrogen and oxygen atoms in total. The molecule has 0 atom stereocenters. The summed E-state index contributed by atoms with van der Waals surface area (Å²) in [6.45, 7) is -2.72. The highest BCUT2D eigenvalue weighted by Crippen LogP contribution is 2.19. The van der Waals surface area contributed by atoms with E-state index in [0.717, 1.165) is 12.3 Å². The van der Waals surface area contributed by atoms with Crippen LogP contribution in [0.5, 0.6) is 0 Å². The van der Waals surface area contributed by atoms with Crippen molar-refractivity contribution in [1.29, 1.82) is 5.26 Å². The minimum Gasteiger partial charge on any atom is -0.377 e. The molecule has 1 heterocycles. The van der Waals surface area contributed by atoms with Gasteiger partial charge in [0.15, 0.2) is 0 Å². The van der Waals surface area contributed by atoms with Crippen LogP contribution in [0.4, 0.5) is 18.9 Å². The Morgan fingerprint density at radius 1 is 1.42 bits per heavy atom. The highest BCUT2D eigenvalue weighted by molar-refractivity contribution is 5.57. The second-order valence-corrected chi connectivity index (χ2v) is 3.66. The summed E-state index contributed by atoms with van der Waals surface area (Å²) in [7, 11) is 0. The van der Waals surface area contributed by atoms with Gasteiger partial charge in [0.2, 0.25) is 0 Å². The van der Waals surface area contributed by atoms with Crippen LogP contribution in [-0.4, -0.2) is 9.55 Å². The topological polar surface area (TPSA) is 53.6 Å². The Hall–Kier alpha value is -2.49. The van der Waals surface area contributed by atoms with Crippen molar-refractivity contribution in [2.24, 2.45) is 0 Å². The fourth-order valence-electron chi connectivity index (χ4n) is 1.62. The van der Waals surface area contributed by atoms with E-state index < -0.39 is 12.4 Å². The maximum atomic E-state index is 13.3. The van der Waals surface area contributed by atoms with E-state index in [4.69, 9.17) is 5.26 Å². The van der Waals surface area contributed by atoms with Gasteiger partial charge in [-0.25, -0.2) is 9.37 Å². The summed E-state index contributed by atoms with van der Waals surface area (Å²) >= 11 is 0. The lowest BCUT2D eigenvalue weighted by molar-refractivity contribution is 0.0673. The third kappa shape index (κ3) is 2.68. The van der Waals surface area contributed by atoms with Gasteiger partial charge in [-0.1, -0.05) is 6.07 Å².